The molecule has 1 aromatic carbocycles. The van der Waals surface area contributed by atoms with Crippen molar-refractivity contribution in [3.8, 4) is 0 Å². The van der Waals surface area contributed by atoms with Crippen LogP contribution in [-0.2, 0) is 14.8 Å². The predicted molar refractivity (Wildman–Crippen MR) is 96.3 cm³/mol. The third-order valence-corrected chi connectivity index (χ3v) is 6.61. The Morgan fingerprint density at radius 2 is 1.80 bits per heavy atom. The summed E-state index contributed by atoms with van der Waals surface area (Å²) in [5, 5.41) is 12.0. The Morgan fingerprint density at radius 1 is 1.20 bits per heavy atom. The lowest BCUT2D eigenvalue weighted by Gasteiger charge is -2.24. The number of thioether (sulfide) groups is 1. The van der Waals surface area contributed by atoms with E-state index in [1.807, 2.05) is 0 Å². The third-order valence-electron chi connectivity index (χ3n) is 3.65. The van der Waals surface area contributed by atoms with E-state index in [-0.39, 0.29) is 10.5 Å². The minimum absolute atomic E-state index is 0.0448. The third kappa shape index (κ3) is 4.74. The highest BCUT2D eigenvalue weighted by Crippen LogP contribution is 2.28. The van der Waals surface area contributed by atoms with Crippen molar-refractivity contribution in [2.45, 2.75) is 43.2 Å². The van der Waals surface area contributed by atoms with E-state index in [2.05, 4.69) is 10.0 Å². The van der Waals surface area contributed by atoms with E-state index in [1.165, 1.54) is 36.0 Å². The Kier molecular flexibility index (Phi) is 5.50. The number of hydrogen-bond donors (Lipinski definition) is 3. The van der Waals surface area contributed by atoms with E-state index >= 15 is 0 Å². The van der Waals surface area contributed by atoms with Crippen molar-refractivity contribution < 1.29 is 23.1 Å². The molecule has 138 valence electrons. The molecule has 1 unspecified atom stereocenters. The molecule has 0 saturated carbocycles. The van der Waals surface area contributed by atoms with Gasteiger partial charge in [-0.05, 0) is 57.2 Å². The molecule has 1 saturated heterocycles. The van der Waals surface area contributed by atoms with Crippen LogP contribution in [0.1, 0.15) is 37.6 Å². The lowest BCUT2D eigenvalue weighted by atomic mass is 9.98. The van der Waals surface area contributed by atoms with Crippen LogP contribution in [0.3, 0.4) is 0 Å². The van der Waals surface area contributed by atoms with Gasteiger partial charge in [0, 0.05) is 16.9 Å². The lowest BCUT2D eigenvalue weighted by Crippen LogP contribution is -2.54. The monoisotopic (exact) mass is 386 g/mol. The maximum atomic E-state index is 12.4. The van der Waals surface area contributed by atoms with Crippen LogP contribution in [0.2, 0.25) is 0 Å². The molecule has 1 aliphatic rings. The van der Waals surface area contributed by atoms with Gasteiger partial charge in [0.2, 0.25) is 10.0 Å². The van der Waals surface area contributed by atoms with Gasteiger partial charge in [0.15, 0.2) is 0 Å². The molecule has 1 heterocycles. The van der Waals surface area contributed by atoms with Gasteiger partial charge in [-0.2, -0.15) is 11.8 Å². The molecule has 1 amide bonds. The molecule has 1 aliphatic heterocycles. The van der Waals surface area contributed by atoms with Gasteiger partial charge >= 0.3 is 5.97 Å². The molecule has 25 heavy (non-hydrogen) atoms. The fourth-order valence-electron chi connectivity index (χ4n) is 2.42. The van der Waals surface area contributed by atoms with Crippen LogP contribution >= 0.6 is 11.8 Å². The first kappa shape index (κ1) is 19.7. The highest BCUT2D eigenvalue weighted by molar-refractivity contribution is 7.99. The molecule has 0 bridgehead atoms. The maximum absolute atomic E-state index is 12.4. The summed E-state index contributed by atoms with van der Waals surface area (Å²) < 4.78 is 27.0. The molecule has 1 aromatic rings. The second kappa shape index (κ2) is 6.97. The summed E-state index contributed by atoms with van der Waals surface area (Å²) in [5.74, 6) is -0.602. The summed E-state index contributed by atoms with van der Waals surface area (Å²) in [6, 6.07) is 5.42. The topological polar surface area (TPSA) is 113 Å². The highest BCUT2D eigenvalue weighted by atomic mass is 32.2. The molecule has 1 atom stereocenters. The first-order chi connectivity index (χ1) is 11.5. The number of aliphatic carboxylic acids is 1. The number of benzene rings is 1. The number of carbonyl (C=O) groups is 2. The van der Waals surface area contributed by atoms with Crippen molar-refractivity contribution in [2.24, 2.45) is 0 Å². The highest BCUT2D eigenvalue weighted by Gasteiger charge is 2.43. The van der Waals surface area contributed by atoms with Crippen molar-refractivity contribution in [2.75, 3.05) is 11.5 Å². The van der Waals surface area contributed by atoms with E-state index in [1.54, 1.807) is 20.8 Å². The average molecular weight is 386 g/mol. The van der Waals surface area contributed by atoms with Gasteiger partial charge in [-0.25, -0.2) is 17.9 Å². The number of hydrogen-bond acceptors (Lipinski definition) is 5. The smallest absolute Gasteiger partial charge is 0.330 e. The molecule has 0 aromatic heterocycles. The number of amides is 1. The SMILES string of the molecule is CC(C)(C)NS(=O)(=O)c1ccc(C(=O)NC2(C(=O)O)CCSC2)cc1. The summed E-state index contributed by atoms with van der Waals surface area (Å²) in [5.41, 5.74) is -1.67. The fraction of sp³-hybridized carbons (Fsp3) is 0.500. The molecule has 7 nitrogen and oxygen atoms in total. The Hall–Kier alpha value is -1.58. The normalized spacial score (nSPS) is 21.1. The fourth-order valence-corrected chi connectivity index (χ4v) is 5.17. The van der Waals surface area contributed by atoms with Crippen molar-refractivity contribution in [1.29, 1.82) is 0 Å². The van der Waals surface area contributed by atoms with Crippen LogP contribution in [0.25, 0.3) is 0 Å². The van der Waals surface area contributed by atoms with Crippen LogP contribution < -0.4 is 10.0 Å². The number of sulfonamides is 1. The molecule has 9 heteroatoms. The summed E-state index contributed by atoms with van der Waals surface area (Å²) in [6.45, 7) is 5.20. The summed E-state index contributed by atoms with van der Waals surface area (Å²) in [7, 11) is -3.69. The van der Waals surface area contributed by atoms with Crippen LogP contribution in [0.15, 0.2) is 29.2 Å². The van der Waals surface area contributed by atoms with Crippen LogP contribution in [0, 0.1) is 0 Å². The van der Waals surface area contributed by atoms with Crippen LogP contribution in [-0.4, -0.2) is 48.0 Å². The largest absolute Gasteiger partial charge is 0.479 e. The van der Waals surface area contributed by atoms with Gasteiger partial charge in [-0.15, -0.1) is 0 Å². The van der Waals surface area contributed by atoms with Gasteiger partial charge in [-0.1, -0.05) is 0 Å². The standard InChI is InChI=1S/C16H22N2O5S2/c1-15(2,3)18-25(22,23)12-6-4-11(5-7-12)13(19)17-16(14(20)21)8-9-24-10-16/h4-7,18H,8-10H2,1-3H3,(H,17,19)(H,20,21). The number of nitrogens with one attached hydrogen (secondary N) is 2. The first-order valence-corrected chi connectivity index (χ1v) is 10.4. The summed E-state index contributed by atoms with van der Waals surface area (Å²) >= 11 is 1.47. The summed E-state index contributed by atoms with van der Waals surface area (Å²) in [6.07, 6.45) is 0.362. The lowest BCUT2D eigenvalue weighted by molar-refractivity contribution is -0.143. The Bertz CT molecular complexity index is 761. The molecule has 1 fully saturated rings. The van der Waals surface area contributed by atoms with E-state index in [4.69, 9.17) is 0 Å². The van der Waals surface area contributed by atoms with Crippen molar-refractivity contribution >= 4 is 33.7 Å². The molecule has 0 aliphatic carbocycles. The number of rotatable bonds is 5. The van der Waals surface area contributed by atoms with Gasteiger partial charge < -0.3 is 10.4 Å². The van der Waals surface area contributed by atoms with Crippen LogP contribution in [0.5, 0.6) is 0 Å². The summed E-state index contributed by atoms with van der Waals surface area (Å²) in [4.78, 5) is 23.9. The van der Waals surface area contributed by atoms with Gasteiger partial charge in [0.05, 0.1) is 4.90 Å². The Morgan fingerprint density at radius 3 is 2.24 bits per heavy atom. The first-order valence-electron chi connectivity index (χ1n) is 7.73. The maximum Gasteiger partial charge on any atom is 0.330 e. The minimum Gasteiger partial charge on any atom is -0.479 e. The molecule has 2 rings (SSSR count). The number of carboxylic acid groups (broad SMARTS) is 1. The van der Waals surface area contributed by atoms with Crippen molar-refractivity contribution in [1.82, 2.24) is 10.0 Å². The second-order valence-electron chi connectivity index (χ2n) is 7.02. The minimum atomic E-state index is -3.69. The Balaban J connectivity index is 2.17. The van der Waals surface area contributed by atoms with E-state index in [9.17, 15) is 23.1 Å². The molecular weight excluding hydrogens is 364 g/mol. The molecule has 3 N–H and O–H groups in total. The molecular formula is C16H22N2O5S2. The van der Waals surface area contributed by atoms with Crippen molar-refractivity contribution in [3.63, 3.8) is 0 Å². The van der Waals surface area contributed by atoms with Gasteiger partial charge in [-0.3, -0.25) is 4.79 Å². The van der Waals surface area contributed by atoms with Crippen LogP contribution in [0.4, 0.5) is 0 Å². The van der Waals surface area contributed by atoms with Gasteiger partial charge in [0.1, 0.15) is 5.54 Å². The number of carbonyl (C=O) groups excluding carboxylic acids is 1. The van der Waals surface area contributed by atoms with E-state index < -0.39 is 33.0 Å². The second-order valence-corrected chi connectivity index (χ2v) is 9.81. The zero-order chi connectivity index (χ0) is 18.9. The van der Waals surface area contributed by atoms with E-state index in [0.717, 1.165) is 0 Å². The molecule has 0 spiro atoms. The van der Waals surface area contributed by atoms with E-state index in [0.29, 0.717) is 17.9 Å². The predicted octanol–water partition coefficient (Wildman–Crippen LogP) is 1.45. The Labute approximate surface area is 151 Å². The quantitative estimate of drug-likeness (QED) is 0.706. The van der Waals surface area contributed by atoms with Crippen molar-refractivity contribution in [3.05, 3.63) is 29.8 Å². The zero-order valence-corrected chi connectivity index (χ0v) is 16.0. The molecule has 0 radical (unpaired) electrons. The zero-order valence-electron chi connectivity index (χ0n) is 14.3. The number of carboxylic acids is 1. The van der Waals surface area contributed by atoms with Gasteiger partial charge in [0.25, 0.3) is 5.91 Å². The average Bonchev–Trinajstić information content (AvgIpc) is 2.95.